The van der Waals surface area contributed by atoms with Gasteiger partial charge in [0.2, 0.25) is 5.91 Å². The van der Waals surface area contributed by atoms with Crippen LogP contribution in [0.5, 0.6) is 11.5 Å². The summed E-state index contributed by atoms with van der Waals surface area (Å²) in [6.07, 6.45) is 0.427. The van der Waals surface area contributed by atoms with E-state index in [4.69, 9.17) is 9.47 Å². The Balaban J connectivity index is 1.93. The highest BCUT2D eigenvalue weighted by Crippen LogP contribution is 2.45. The molecule has 0 radical (unpaired) electrons. The molecule has 23 heavy (non-hydrogen) atoms. The largest absolute Gasteiger partial charge is 0.493 e. The zero-order valence-electron chi connectivity index (χ0n) is 13.2. The van der Waals surface area contributed by atoms with E-state index in [-0.39, 0.29) is 11.2 Å². The van der Waals surface area contributed by atoms with Gasteiger partial charge in [-0.05, 0) is 36.8 Å². The number of thioether (sulfide) groups is 1. The first-order chi connectivity index (χ1) is 11.2. The highest BCUT2D eigenvalue weighted by Gasteiger charge is 2.24. The lowest BCUT2D eigenvalue weighted by Gasteiger charge is -2.16. The molecular formula is C18H19NO3S. The van der Waals surface area contributed by atoms with Gasteiger partial charge in [0.1, 0.15) is 0 Å². The van der Waals surface area contributed by atoms with Crippen molar-refractivity contribution in [3.8, 4) is 11.5 Å². The van der Waals surface area contributed by atoms with Gasteiger partial charge in [-0.1, -0.05) is 18.2 Å². The second-order valence-corrected chi connectivity index (χ2v) is 6.44. The molecule has 1 N–H and O–H groups in total. The summed E-state index contributed by atoms with van der Waals surface area (Å²) in [4.78, 5) is 13.3. The molecule has 3 rings (SSSR count). The Morgan fingerprint density at radius 3 is 2.83 bits per heavy atom. The van der Waals surface area contributed by atoms with E-state index in [1.807, 2.05) is 49.4 Å². The monoisotopic (exact) mass is 329 g/mol. The summed E-state index contributed by atoms with van der Waals surface area (Å²) in [6.45, 7) is 2.53. The van der Waals surface area contributed by atoms with Crippen LogP contribution in [0.25, 0.3) is 0 Å². The fraction of sp³-hybridized carbons (Fsp3) is 0.278. The predicted molar refractivity (Wildman–Crippen MR) is 92.4 cm³/mol. The Morgan fingerprint density at radius 1 is 1.22 bits per heavy atom. The number of benzene rings is 2. The molecule has 1 heterocycles. The van der Waals surface area contributed by atoms with E-state index in [0.29, 0.717) is 18.8 Å². The second-order valence-electron chi connectivity index (χ2n) is 5.20. The maximum atomic E-state index is 12.2. The van der Waals surface area contributed by atoms with Crippen LogP contribution in [-0.4, -0.2) is 19.6 Å². The van der Waals surface area contributed by atoms with Crippen molar-refractivity contribution in [1.29, 1.82) is 0 Å². The number of fused-ring (bicyclic) bond motifs is 1. The number of hydrogen-bond acceptors (Lipinski definition) is 4. The molecule has 1 aliphatic heterocycles. The van der Waals surface area contributed by atoms with Gasteiger partial charge in [0, 0.05) is 16.6 Å². The number of amides is 1. The molecule has 2 aromatic rings. The van der Waals surface area contributed by atoms with E-state index in [1.54, 1.807) is 18.9 Å². The first-order valence-electron chi connectivity index (χ1n) is 7.57. The molecule has 0 saturated heterocycles. The van der Waals surface area contributed by atoms with Gasteiger partial charge >= 0.3 is 0 Å². The van der Waals surface area contributed by atoms with Crippen LogP contribution in [0, 0.1) is 0 Å². The van der Waals surface area contributed by atoms with Gasteiger partial charge in [0.15, 0.2) is 11.5 Å². The summed E-state index contributed by atoms with van der Waals surface area (Å²) in [6, 6.07) is 13.8. The third kappa shape index (κ3) is 3.45. The molecule has 0 spiro atoms. The molecule has 0 unspecified atom stereocenters. The zero-order chi connectivity index (χ0) is 16.2. The summed E-state index contributed by atoms with van der Waals surface area (Å²) < 4.78 is 11.0. The van der Waals surface area contributed by atoms with E-state index in [1.165, 1.54) is 0 Å². The van der Waals surface area contributed by atoms with E-state index in [9.17, 15) is 4.79 Å². The van der Waals surface area contributed by atoms with Crippen LogP contribution in [-0.2, 0) is 4.79 Å². The lowest BCUT2D eigenvalue weighted by molar-refractivity contribution is -0.116. The summed E-state index contributed by atoms with van der Waals surface area (Å²) in [5, 5.41) is 3.01. The third-order valence-electron chi connectivity index (χ3n) is 3.66. The first kappa shape index (κ1) is 15.7. The van der Waals surface area contributed by atoms with Gasteiger partial charge in [-0.15, -0.1) is 11.8 Å². The quantitative estimate of drug-likeness (QED) is 0.910. The van der Waals surface area contributed by atoms with Crippen molar-refractivity contribution < 1.29 is 14.3 Å². The molecule has 0 aromatic heterocycles. The van der Waals surface area contributed by atoms with Gasteiger partial charge in [-0.2, -0.15) is 0 Å². The Kier molecular flexibility index (Phi) is 4.76. The maximum absolute atomic E-state index is 12.2. The highest BCUT2D eigenvalue weighted by molar-refractivity contribution is 7.99. The number of ether oxygens (including phenoxy) is 2. The molecule has 0 fully saturated rings. The highest BCUT2D eigenvalue weighted by atomic mass is 32.2. The van der Waals surface area contributed by atoms with Gasteiger partial charge < -0.3 is 14.8 Å². The molecule has 1 atom stereocenters. The maximum Gasteiger partial charge on any atom is 0.225 e. The first-order valence-corrected chi connectivity index (χ1v) is 8.45. The van der Waals surface area contributed by atoms with E-state index in [2.05, 4.69) is 5.32 Å². The van der Waals surface area contributed by atoms with Gasteiger partial charge in [0.05, 0.1) is 19.4 Å². The summed E-state index contributed by atoms with van der Waals surface area (Å²) in [5.41, 5.74) is 1.94. The van der Waals surface area contributed by atoms with Gasteiger partial charge in [-0.25, -0.2) is 0 Å². The fourth-order valence-corrected chi connectivity index (χ4v) is 3.81. The molecule has 4 nitrogen and oxygen atoms in total. The van der Waals surface area contributed by atoms with Crippen molar-refractivity contribution in [2.45, 2.75) is 23.5 Å². The van der Waals surface area contributed by atoms with Crippen molar-refractivity contribution in [2.75, 3.05) is 19.0 Å². The van der Waals surface area contributed by atoms with Crippen LogP contribution in [0.4, 0.5) is 5.69 Å². The SMILES string of the molecule is CCOc1ccc([C@H]2CC(=O)Nc3ccccc3S2)cc1OC. The molecule has 2 aromatic carbocycles. The molecule has 120 valence electrons. The number of rotatable bonds is 4. The number of para-hydroxylation sites is 1. The molecular weight excluding hydrogens is 310 g/mol. The zero-order valence-corrected chi connectivity index (χ0v) is 14.0. The summed E-state index contributed by atoms with van der Waals surface area (Å²) in [7, 11) is 1.63. The van der Waals surface area contributed by atoms with Crippen LogP contribution < -0.4 is 14.8 Å². The van der Waals surface area contributed by atoms with Crippen LogP contribution in [0.2, 0.25) is 0 Å². The van der Waals surface area contributed by atoms with E-state index < -0.39 is 0 Å². The third-order valence-corrected chi connectivity index (χ3v) is 4.99. The second kappa shape index (κ2) is 6.96. The van der Waals surface area contributed by atoms with Gasteiger partial charge in [-0.3, -0.25) is 4.79 Å². The van der Waals surface area contributed by atoms with E-state index >= 15 is 0 Å². The minimum atomic E-state index is 0.0281. The van der Waals surface area contributed by atoms with Crippen molar-refractivity contribution in [2.24, 2.45) is 0 Å². The summed E-state index contributed by atoms with van der Waals surface area (Å²) >= 11 is 1.69. The smallest absolute Gasteiger partial charge is 0.225 e. The lowest BCUT2D eigenvalue weighted by atomic mass is 10.1. The Hall–Kier alpha value is -2.14. The number of nitrogens with one attached hydrogen (secondary N) is 1. The number of carbonyl (C=O) groups excluding carboxylic acids is 1. The standard InChI is InChI=1S/C18H19NO3S/c1-3-22-14-9-8-12(10-15(14)21-2)17-11-18(20)19-13-6-4-5-7-16(13)23-17/h4-10,17H,3,11H2,1-2H3,(H,19,20)/t17-/m1/s1. The van der Waals surface area contributed by atoms with E-state index in [0.717, 1.165) is 21.9 Å². The topological polar surface area (TPSA) is 47.6 Å². The Bertz CT molecular complexity index is 717. The predicted octanol–water partition coefficient (Wildman–Crippen LogP) is 4.27. The molecule has 0 aliphatic carbocycles. The van der Waals surface area contributed by atoms with Crippen LogP contribution in [0.15, 0.2) is 47.4 Å². The van der Waals surface area contributed by atoms with Gasteiger partial charge in [0.25, 0.3) is 0 Å². The van der Waals surface area contributed by atoms with Crippen LogP contribution in [0.3, 0.4) is 0 Å². The molecule has 5 heteroatoms. The Labute approximate surface area is 140 Å². The van der Waals surface area contributed by atoms with Crippen molar-refractivity contribution in [3.05, 3.63) is 48.0 Å². The number of carbonyl (C=O) groups is 1. The molecule has 1 amide bonds. The number of methoxy groups -OCH3 is 1. The average Bonchev–Trinajstić information content (AvgIpc) is 2.73. The average molecular weight is 329 g/mol. The minimum Gasteiger partial charge on any atom is -0.493 e. The number of anilines is 1. The minimum absolute atomic E-state index is 0.0281. The normalized spacial score (nSPS) is 17.0. The molecule has 0 bridgehead atoms. The van der Waals surface area contributed by atoms with Crippen LogP contribution >= 0.6 is 11.8 Å². The van der Waals surface area contributed by atoms with Crippen molar-refractivity contribution in [3.63, 3.8) is 0 Å². The lowest BCUT2D eigenvalue weighted by Crippen LogP contribution is -2.12. The summed E-state index contributed by atoms with van der Waals surface area (Å²) in [5.74, 6) is 1.45. The van der Waals surface area contributed by atoms with Crippen molar-refractivity contribution in [1.82, 2.24) is 0 Å². The fourth-order valence-electron chi connectivity index (χ4n) is 2.58. The molecule has 1 aliphatic rings. The Morgan fingerprint density at radius 2 is 2.04 bits per heavy atom. The van der Waals surface area contributed by atoms with Crippen molar-refractivity contribution >= 4 is 23.4 Å². The van der Waals surface area contributed by atoms with Crippen LogP contribution in [0.1, 0.15) is 24.2 Å². The molecule has 0 saturated carbocycles. The number of hydrogen-bond donors (Lipinski definition) is 1.